The van der Waals surface area contributed by atoms with Crippen LogP contribution in [-0.4, -0.2) is 15.0 Å². The van der Waals surface area contributed by atoms with E-state index in [0.29, 0.717) is 5.92 Å². The maximum Gasteiger partial charge on any atom is 0.131 e. The van der Waals surface area contributed by atoms with Crippen LogP contribution in [0.25, 0.3) is 11.0 Å². The molecule has 0 saturated heterocycles. The van der Waals surface area contributed by atoms with Crippen molar-refractivity contribution in [1.82, 2.24) is 15.0 Å². The maximum atomic E-state index is 4.51. The summed E-state index contributed by atoms with van der Waals surface area (Å²) < 4.78 is 0. The molecule has 3 heteroatoms. The number of nitrogens with one attached hydrogen (secondary N) is 1. The first-order chi connectivity index (χ1) is 6.58. The molecule has 0 aliphatic heterocycles. The summed E-state index contributed by atoms with van der Waals surface area (Å²) in [6.07, 6.45) is 0. The third-order valence-electron chi connectivity index (χ3n) is 2.33. The lowest BCUT2D eigenvalue weighted by molar-refractivity contribution is 0.776. The molecular weight excluding hydrogens is 174 g/mol. The summed E-state index contributed by atoms with van der Waals surface area (Å²) in [5, 5.41) is 0. The van der Waals surface area contributed by atoms with E-state index < -0.39 is 0 Å². The van der Waals surface area contributed by atoms with Gasteiger partial charge in [-0.25, -0.2) is 9.97 Å². The van der Waals surface area contributed by atoms with Crippen LogP contribution in [0.1, 0.15) is 37.0 Å². The molecule has 2 heterocycles. The molecule has 0 radical (unpaired) electrons. The Bertz CT molecular complexity index is 469. The molecule has 3 nitrogen and oxygen atoms in total. The lowest BCUT2D eigenvalue weighted by Gasteiger charge is -2.04. The van der Waals surface area contributed by atoms with Crippen molar-refractivity contribution in [2.24, 2.45) is 0 Å². The van der Waals surface area contributed by atoms with Gasteiger partial charge in [0.25, 0.3) is 0 Å². The summed E-state index contributed by atoms with van der Waals surface area (Å²) in [6, 6.07) is 2.07. The molecule has 0 amide bonds. The van der Waals surface area contributed by atoms with Crippen LogP contribution < -0.4 is 0 Å². The molecule has 0 atom stereocenters. The molecule has 0 aromatic carbocycles. The normalized spacial score (nSPS) is 11.5. The van der Waals surface area contributed by atoms with Crippen molar-refractivity contribution in [3.8, 4) is 0 Å². The predicted molar refractivity (Wildman–Crippen MR) is 57.5 cm³/mol. The van der Waals surface area contributed by atoms with Gasteiger partial charge in [0.05, 0.1) is 16.7 Å². The second kappa shape index (κ2) is 3.08. The Balaban J connectivity index is 2.71. The topological polar surface area (TPSA) is 41.6 Å². The molecule has 0 spiro atoms. The molecule has 74 valence electrons. The number of H-pyrrole nitrogens is 1. The first-order valence-electron chi connectivity index (χ1n) is 4.92. The first-order valence-corrected chi connectivity index (χ1v) is 4.92. The molecule has 0 saturated carbocycles. The SMILES string of the molecule is Cc1cc2nc(C(C)C)nc(C)c2[nH]1. The third-order valence-corrected chi connectivity index (χ3v) is 2.33. The van der Waals surface area contributed by atoms with Gasteiger partial charge in [0.1, 0.15) is 5.82 Å². The zero-order valence-corrected chi connectivity index (χ0v) is 9.05. The number of hydrogen-bond donors (Lipinski definition) is 1. The fourth-order valence-electron chi connectivity index (χ4n) is 1.57. The van der Waals surface area contributed by atoms with E-state index >= 15 is 0 Å². The highest BCUT2D eigenvalue weighted by Crippen LogP contribution is 2.18. The monoisotopic (exact) mass is 189 g/mol. The summed E-state index contributed by atoms with van der Waals surface area (Å²) in [4.78, 5) is 12.3. The fraction of sp³-hybridized carbons (Fsp3) is 0.455. The van der Waals surface area contributed by atoms with Gasteiger partial charge < -0.3 is 4.98 Å². The van der Waals surface area contributed by atoms with E-state index in [0.717, 1.165) is 28.2 Å². The highest BCUT2D eigenvalue weighted by atomic mass is 14.9. The van der Waals surface area contributed by atoms with Crippen molar-refractivity contribution in [3.05, 3.63) is 23.3 Å². The smallest absolute Gasteiger partial charge is 0.131 e. The van der Waals surface area contributed by atoms with Gasteiger partial charge >= 0.3 is 0 Å². The third kappa shape index (κ3) is 1.39. The molecule has 2 rings (SSSR count). The number of fused-ring (bicyclic) bond motifs is 1. The second-order valence-corrected chi connectivity index (χ2v) is 4.03. The Labute approximate surface area is 83.6 Å². The van der Waals surface area contributed by atoms with E-state index in [1.54, 1.807) is 0 Å². The quantitative estimate of drug-likeness (QED) is 0.749. The van der Waals surface area contributed by atoms with Gasteiger partial charge in [-0.3, -0.25) is 0 Å². The summed E-state index contributed by atoms with van der Waals surface area (Å²) in [7, 11) is 0. The number of aromatic amines is 1. The van der Waals surface area contributed by atoms with Gasteiger partial charge in [-0.05, 0) is 19.9 Å². The molecule has 0 bridgehead atoms. The van der Waals surface area contributed by atoms with E-state index in [1.807, 2.05) is 13.8 Å². The number of nitrogens with zero attached hydrogens (tertiary/aromatic N) is 2. The number of rotatable bonds is 1. The van der Waals surface area contributed by atoms with Gasteiger partial charge in [0.15, 0.2) is 0 Å². The summed E-state index contributed by atoms with van der Waals surface area (Å²) >= 11 is 0. The fourth-order valence-corrected chi connectivity index (χ4v) is 1.57. The van der Waals surface area contributed by atoms with Crippen LogP contribution in [0.3, 0.4) is 0 Å². The van der Waals surface area contributed by atoms with E-state index in [4.69, 9.17) is 0 Å². The van der Waals surface area contributed by atoms with Crippen LogP contribution in [0.2, 0.25) is 0 Å². The van der Waals surface area contributed by atoms with Gasteiger partial charge in [0, 0.05) is 11.6 Å². The second-order valence-electron chi connectivity index (χ2n) is 4.03. The van der Waals surface area contributed by atoms with Crippen molar-refractivity contribution in [2.45, 2.75) is 33.6 Å². The molecule has 0 unspecified atom stereocenters. The van der Waals surface area contributed by atoms with Crippen molar-refractivity contribution < 1.29 is 0 Å². The zero-order valence-electron chi connectivity index (χ0n) is 9.05. The summed E-state index contributed by atoms with van der Waals surface area (Å²) in [6.45, 7) is 8.28. The van der Waals surface area contributed by atoms with Crippen LogP contribution in [0.15, 0.2) is 6.07 Å². The Hall–Kier alpha value is -1.38. The van der Waals surface area contributed by atoms with Crippen LogP contribution in [0, 0.1) is 13.8 Å². The van der Waals surface area contributed by atoms with Crippen molar-refractivity contribution in [1.29, 1.82) is 0 Å². The van der Waals surface area contributed by atoms with Crippen molar-refractivity contribution in [2.75, 3.05) is 0 Å². The maximum absolute atomic E-state index is 4.51. The van der Waals surface area contributed by atoms with Crippen LogP contribution >= 0.6 is 0 Å². The lowest BCUT2D eigenvalue weighted by atomic mass is 10.2. The first kappa shape index (κ1) is 9.19. The number of hydrogen-bond acceptors (Lipinski definition) is 2. The Morgan fingerprint density at radius 2 is 1.93 bits per heavy atom. The molecule has 1 N–H and O–H groups in total. The lowest BCUT2D eigenvalue weighted by Crippen LogP contribution is -1.99. The minimum Gasteiger partial charge on any atom is -0.356 e. The molecule has 0 fully saturated rings. The highest BCUT2D eigenvalue weighted by Gasteiger charge is 2.08. The van der Waals surface area contributed by atoms with Crippen molar-refractivity contribution >= 4 is 11.0 Å². The Morgan fingerprint density at radius 3 is 2.57 bits per heavy atom. The van der Waals surface area contributed by atoms with Gasteiger partial charge in [-0.2, -0.15) is 0 Å². The average molecular weight is 189 g/mol. The van der Waals surface area contributed by atoms with Crippen LogP contribution in [-0.2, 0) is 0 Å². The summed E-state index contributed by atoms with van der Waals surface area (Å²) in [5.74, 6) is 1.31. The van der Waals surface area contributed by atoms with Gasteiger partial charge in [-0.1, -0.05) is 13.8 Å². The molecular formula is C11H15N3. The Kier molecular flexibility index (Phi) is 2.02. The Morgan fingerprint density at radius 1 is 1.21 bits per heavy atom. The van der Waals surface area contributed by atoms with E-state index in [2.05, 4.69) is 34.9 Å². The molecule has 2 aromatic rings. The molecule has 2 aromatic heterocycles. The van der Waals surface area contributed by atoms with Crippen molar-refractivity contribution in [3.63, 3.8) is 0 Å². The standard InChI is InChI=1S/C11H15N3/c1-6(2)11-13-8(4)10-9(14-11)5-7(3)12-10/h5-6,12H,1-4H3. The largest absolute Gasteiger partial charge is 0.356 e. The number of aryl methyl sites for hydroxylation is 2. The van der Waals surface area contributed by atoms with E-state index in [1.165, 1.54) is 0 Å². The number of aromatic nitrogens is 3. The predicted octanol–water partition coefficient (Wildman–Crippen LogP) is 2.70. The van der Waals surface area contributed by atoms with E-state index in [-0.39, 0.29) is 0 Å². The minimum atomic E-state index is 0.383. The van der Waals surface area contributed by atoms with Crippen LogP contribution in [0.5, 0.6) is 0 Å². The molecule has 0 aliphatic rings. The average Bonchev–Trinajstić information content (AvgIpc) is 2.45. The molecule has 14 heavy (non-hydrogen) atoms. The minimum absolute atomic E-state index is 0.383. The summed E-state index contributed by atoms with van der Waals surface area (Å²) in [5.41, 5.74) is 4.26. The van der Waals surface area contributed by atoms with Crippen LogP contribution in [0.4, 0.5) is 0 Å². The molecule has 0 aliphatic carbocycles. The van der Waals surface area contributed by atoms with E-state index in [9.17, 15) is 0 Å². The van der Waals surface area contributed by atoms with Gasteiger partial charge in [0.2, 0.25) is 0 Å². The highest BCUT2D eigenvalue weighted by molar-refractivity contribution is 5.78. The zero-order chi connectivity index (χ0) is 10.3. The van der Waals surface area contributed by atoms with Gasteiger partial charge in [-0.15, -0.1) is 0 Å².